The summed E-state index contributed by atoms with van der Waals surface area (Å²) in [6, 6.07) is 6.06. The Morgan fingerprint density at radius 1 is 1.32 bits per heavy atom. The molecule has 0 unspecified atom stereocenters. The van der Waals surface area contributed by atoms with Crippen LogP contribution in [0.1, 0.15) is 11.4 Å². The van der Waals surface area contributed by atoms with Crippen LogP contribution in [0.4, 0.5) is 0 Å². The maximum absolute atomic E-state index is 9.31. The molecule has 0 bridgehead atoms. The van der Waals surface area contributed by atoms with Crippen molar-refractivity contribution in [2.24, 2.45) is 0 Å². The van der Waals surface area contributed by atoms with Crippen LogP contribution >= 0.6 is 15.9 Å². The number of hydrogen-bond acceptors (Lipinski definition) is 4. The van der Waals surface area contributed by atoms with Crippen molar-refractivity contribution in [1.29, 1.82) is 0 Å². The molecule has 0 fully saturated rings. The van der Waals surface area contributed by atoms with Gasteiger partial charge in [-0.05, 0) is 30.7 Å². The zero-order valence-electron chi connectivity index (χ0n) is 10.9. The van der Waals surface area contributed by atoms with E-state index in [2.05, 4.69) is 26.1 Å². The molecule has 0 aliphatic carbocycles. The van der Waals surface area contributed by atoms with Crippen LogP contribution in [0.5, 0.6) is 0 Å². The van der Waals surface area contributed by atoms with E-state index in [4.69, 9.17) is 4.74 Å². The highest BCUT2D eigenvalue weighted by atomic mass is 79.9. The number of nitrogens with zero attached hydrogens (tertiary/aromatic N) is 3. The van der Waals surface area contributed by atoms with E-state index in [0.717, 1.165) is 21.4 Å². The topological polar surface area (TPSA) is 60.2 Å². The zero-order valence-corrected chi connectivity index (χ0v) is 12.5. The largest absolute Gasteiger partial charge is 0.388 e. The highest BCUT2D eigenvalue weighted by molar-refractivity contribution is 9.10. The molecular weight excluding hydrogens is 310 g/mol. The van der Waals surface area contributed by atoms with Gasteiger partial charge in [-0.15, -0.1) is 10.2 Å². The second-order valence-electron chi connectivity index (χ2n) is 4.26. The Balaban J connectivity index is 2.45. The lowest BCUT2D eigenvalue weighted by molar-refractivity contribution is 0.183. The van der Waals surface area contributed by atoms with E-state index < -0.39 is 0 Å². The van der Waals surface area contributed by atoms with Crippen molar-refractivity contribution in [2.75, 3.05) is 13.7 Å². The third-order valence-corrected chi connectivity index (χ3v) is 3.25. The van der Waals surface area contributed by atoms with Gasteiger partial charge in [0.25, 0.3) is 0 Å². The van der Waals surface area contributed by atoms with Gasteiger partial charge >= 0.3 is 0 Å². The molecule has 0 aliphatic rings. The lowest BCUT2D eigenvalue weighted by atomic mass is 10.1. The molecule has 1 heterocycles. The van der Waals surface area contributed by atoms with Crippen LogP contribution < -0.4 is 0 Å². The molecule has 5 nitrogen and oxygen atoms in total. The number of aliphatic hydroxyl groups is 1. The third kappa shape index (κ3) is 3.20. The number of aliphatic hydroxyl groups excluding tert-OH is 1. The van der Waals surface area contributed by atoms with Crippen molar-refractivity contribution in [2.45, 2.75) is 20.1 Å². The van der Waals surface area contributed by atoms with Gasteiger partial charge < -0.3 is 14.4 Å². The Bertz CT molecular complexity index is 549. The second kappa shape index (κ2) is 6.27. The fraction of sp³-hybridized carbons (Fsp3) is 0.385. The molecule has 0 radical (unpaired) electrons. The van der Waals surface area contributed by atoms with Crippen LogP contribution in [0.25, 0.3) is 11.4 Å². The minimum atomic E-state index is -0.135. The highest BCUT2D eigenvalue weighted by Crippen LogP contribution is 2.24. The van der Waals surface area contributed by atoms with Crippen LogP contribution in [0.2, 0.25) is 0 Å². The first kappa shape index (κ1) is 14.2. The summed E-state index contributed by atoms with van der Waals surface area (Å²) in [5, 5.41) is 17.5. The first-order chi connectivity index (χ1) is 9.15. The predicted octanol–water partition coefficient (Wildman–Crippen LogP) is 2.15. The van der Waals surface area contributed by atoms with Gasteiger partial charge in [0.1, 0.15) is 6.61 Å². The summed E-state index contributed by atoms with van der Waals surface area (Å²) in [6.07, 6.45) is 0. The lowest BCUT2D eigenvalue weighted by Crippen LogP contribution is -2.10. The molecule has 0 amide bonds. The molecule has 1 N–H and O–H groups in total. The summed E-state index contributed by atoms with van der Waals surface area (Å²) in [4.78, 5) is 0. The van der Waals surface area contributed by atoms with E-state index in [1.807, 2.05) is 29.7 Å². The molecule has 2 rings (SSSR count). The average molecular weight is 326 g/mol. The molecule has 0 aliphatic heterocycles. The van der Waals surface area contributed by atoms with Crippen molar-refractivity contribution in [3.63, 3.8) is 0 Å². The second-order valence-corrected chi connectivity index (χ2v) is 5.18. The van der Waals surface area contributed by atoms with Crippen LogP contribution in [-0.4, -0.2) is 33.6 Å². The van der Waals surface area contributed by atoms with Crippen molar-refractivity contribution >= 4 is 15.9 Å². The number of benzene rings is 1. The van der Waals surface area contributed by atoms with Crippen molar-refractivity contribution in [3.05, 3.63) is 34.1 Å². The van der Waals surface area contributed by atoms with E-state index in [1.54, 1.807) is 7.11 Å². The van der Waals surface area contributed by atoms with Crippen molar-refractivity contribution in [3.8, 4) is 11.4 Å². The van der Waals surface area contributed by atoms with Crippen molar-refractivity contribution in [1.82, 2.24) is 14.8 Å². The smallest absolute Gasteiger partial charge is 0.164 e. The molecule has 1 aromatic heterocycles. The molecule has 0 spiro atoms. The molecule has 102 valence electrons. The normalized spacial score (nSPS) is 10.9. The van der Waals surface area contributed by atoms with Gasteiger partial charge in [-0.1, -0.05) is 15.9 Å². The number of halogens is 1. The van der Waals surface area contributed by atoms with Crippen LogP contribution in [0.3, 0.4) is 0 Å². The van der Waals surface area contributed by atoms with Gasteiger partial charge in [-0.25, -0.2) is 0 Å². The van der Waals surface area contributed by atoms with Crippen LogP contribution in [0.15, 0.2) is 22.7 Å². The molecule has 19 heavy (non-hydrogen) atoms. The van der Waals surface area contributed by atoms with Gasteiger partial charge in [0.2, 0.25) is 0 Å². The molecule has 0 saturated heterocycles. The zero-order chi connectivity index (χ0) is 13.8. The van der Waals surface area contributed by atoms with E-state index in [9.17, 15) is 5.11 Å². The number of methoxy groups -OCH3 is 1. The predicted molar refractivity (Wildman–Crippen MR) is 75.7 cm³/mol. The van der Waals surface area contributed by atoms with Gasteiger partial charge in [0, 0.05) is 23.7 Å². The molecule has 6 heteroatoms. The van der Waals surface area contributed by atoms with Gasteiger partial charge in [-0.2, -0.15) is 0 Å². The fourth-order valence-corrected chi connectivity index (χ4v) is 2.56. The minimum Gasteiger partial charge on any atom is -0.388 e. The average Bonchev–Trinajstić information content (AvgIpc) is 2.77. The quantitative estimate of drug-likeness (QED) is 0.915. The number of aromatic nitrogens is 3. The van der Waals surface area contributed by atoms with E-state index in [-0.39, 0.29) is 6.61 Å². The monoisotopic (exact) mass is 325 g/mol. The standard InChI is InChI=1S/C13H16BrN3O2/c1-9-5-10(7-11(14)6-9)13-16-15-12(8-18)17(13)3-4-19-2/h5-7,18H,3-4,8H2,1-2H3. The Morgan fingerprint density at radius 3 is 2.74 bits per heavy atom. The highest BCUT2D eigenvalue weighted by Gasteiger charge is 2.13. The molecule has 2 aromatic rings. The molecule has 0 atom stereocenters. The fourth-order valence-electron chi connectivity index (χ4n) is 1.95. The SMILES string of the molecule is COCCn1c(CO)nnc1-c1cc(C)cc(Br)c1. The van der Waals surface area contributed by atoms with Crippen LogP contribution in [-0.2, 0) is 17.9 Å². The lowest BCUT2D eigenvalue weighted by Gasteiger charge is -2.09. The third-order valence-electron chi connectivity index (χ3n) is 2.79. The summed E-state index contributed by atoms with van der Waals surface area (Å²) < 4.78 is 7.96. The Hall–Kier alpha value is -1.24. The summed E-state index contributed by atoms with van der Waals surface area (Å²) >= 11 is 3.48. The summed E-state index contributed by atoms with van der Waals surface area (Å²) in [6.45, 7) is 3.05. The summed E-state index contributed by atoms with van der Waals surface area (Å²) in [7, 11) is 1.64. The first-order valence-electron chi connectivity index (χ1n) is 5.95. The minimum absolute atomic E-state index is 0.135. The Kier molecular flexibility index (Phi) is 4.68. The number of ether oxygens (including phenoxy) is 1. The molecule has 1 aromatic carbocycles. The van der Waals surface area contributed by atoms with E-state index >= 15 is 0 Å². The van der Waals surface area contributed by atoms with Gasteiger partial charge in [-0.3, -0.25) is 0 Å². The van der Waals surface area contributed by atoms with Gasteiger partial charge in [0.05, 0.1) is 6.61 Å². The maximum atomic E-state index is 9.31. The van der Waals surface area contributed by atoms with E-state index in [1.165, 1.54) is 0 Å². The maximum Gasteiger partial charge on any atom is 0.164 e. The van der Waals surface area contributed by atoms with Crippen molar-refractivity contribution < 1.29 is 9.84 Å². The number of aryl methyl sites for hydroxylation is 1. The summed E-state index contributed by atoms with van der Waals surface area (Å²) in [5.41, 5.74) is 2.10. The molecular formula is C13H16BrN3O2. The Labute approximate surface area is 120 Å². The Morgan fingerprint density at radius 2 is 2.11 bits per heavy atom. The number of hydrogen-bond donors (Lipinski definition) is 1. The number of rotatable bonds is 5. The molecule has 0 saturated carbocycles. The first-order valence-corrected chi connectivity index (χ1v) is 6.74. The van der Waals surface area contributed by atoms with E-state index in [0.29, 0.717) is 19.0 Å². The van der Waals surface area contributed by atoms with Crippen LogP contribution in [0, 0.1) is 6.92 Å². The summed E-state index contributed by atoms with van der Waals surface area (Å²) in [5.74, 6) is 1.29. The van der Waals surface area contributed by atoms with Gasteiger partial charge in [0.15, 0.2) is 11.6 Å².